The van der Waals surface area contributed by atoms with E-state index in [4.69, 9.17) is 4.98 Å². The van der Waals surface area contributed by atoms with Crippen molar-refractivity contribution in [1.29, 1.82) is 0 Å². The van der Waals surface area contributed by atoms with Crippen LogP contribution in [0.15, 0.2) is 65.3 Å². The summed E-state index contributed by atoms with van der Waals surface area (Å²) in [4.78, 5) is 4.90. The first kappa shape index (κ1) is 18.4. The van der Waals surface area contributed by atoms with Gasteiger partial charge in [-0.15, -0.1) is 29.7 Å². The Morgan fingerprint density at radius 3 is 2.37 bits per heavy atom. The maximum Gasteiger partial charge on any atom is 0.121 e. The minimum atomic E-state index is 0. The molecular formula is C23H16BrIrN2-. The third-order valence-corrected chi connectivity index (χ3v) is 5.62. The van der Waals surface area contributed by atoms with Gasteiger partial charge in [0, 0.05) is 31.2 Å². The number of benzene rings is 3. The summed E-state index contributed by atoms with van der Waals surface area (Å²) in [6.45, 7) is 4.31. The number of imidazole rings is 1. The molecule has 0 amide bonds. The Bertz CT molecular complexity index is 1300. The summed E-state index contributed by atoms with van der Waals surface area (Å²) in [5.41, 5.74) is 6.91. The molecule has 135 valence electrons. The second kappa shape index (κ2) is 6.87. The fraction of sp³-hybridized carbons (Fsp3) is 0.0870. The van der Waals surface area contributed by atoms with Gasteiger partial charge in [-0.05, 0) is 52.4 Å². The number of hydrogen-bond donors (Lipinski definition) is 0. The minimum Gasteiger partial charge on any atom is -0.332 e. The van der Waals surface area contributed by atoms with E-state index < -0.39 is 0 Å². The Labute approximate surface area is 179 Å². The van der Waals surface area contributed by atoms with E-state index in [1.54, 1.807) is 0 Å². The second-order valence-electron chi connectivity index (χ2n) is 6.65. The van der Waals surface area contributed by atoms with Gasteiger partial charge < -0.3 is 4.40 Å². The van der Waals surface area contributed by atoms with Gasteiger partial charge in [0.15, 0.2) is 0 Å². The van der Waals surface area contributed by atoms with Crippen molar-refractivity contribution in [3.63, 3.8) is 0 Å². The third kappa shape index (κ3) is 2.67. The van der Waals surface area contributed by atoms with Gasteiger partial charge in [0.2, 0.25) is 0 Å². The molecule has 0 saturated heterocycles. The Morgan fingerprint density at radius 2 is 1.59 bits per heavy atom. The van der Waals surface area contributed by atoms with Crippen LogP contribution >= 0.6 is 15.9 Å². The molecule has 1 radical (unpaired) electrons. The molecule has 0 atom stereocenters. The predicted octanol–water partition coefficient (Wildman–Crippen LogP) is 6.48. The zero-order chi connectivity index (χ0) is 17.8. The Morgan fingerprint density at radius 1 is 0.889 bits per heavy atom. The maximum atomic E-state index is 4.90. The predicted molar refractivity (Wildman–Crippen MR) is 112 cm³/mol. The third-order valence-electron chi connectivity index (χ3n) is 5.07. The minimum absolute atomic E-state index is 0. The van der Waals surface area contributed by atoms with Crippen LogP contribution in [-0.4, -0.2) is 9.38 Å². The molecule has 5 rings (SSSR count). The average Bonchev–Trinajstić information content (AvgIpc) is 2.99. The number of nitrogens with zero attached hydrogens (tertiary/aromatic N) is 2. The summed E-state index contributed by atoms with van der Waals surface area (Å²) in [5.74, 6) is 0. The Balaban J connectivity index is 0.00000180. The molecule has 0 aliphatic heterocycles. The van der Waals surface area contributed by atoms with Crippen LogP contribution < -0.4 is 0 Å². The molecular weight excluding hydrogens is 576 g/mol. The van der Waals surface area contributed by atoms with Crippen molar-refractivity contribution in [1.82, 2.24) is 9.38 Å². The summed E-state index contributed by atoms with van der Waals surface area (Å²) in [5, 5.41) is 3.44. The van der Waals surface area contributed by atoms with E-state index in [2.05, 4.69) is 88.8 Å². The monoisotopic (exact) mass is 592 g/mol. The quantitative estimate of drug-likeness (QED) is 0.161. The fourth-order valence-electron chi connectivity index (χ4n) is 3.94. The molecule has 4 heteroatoms. The zero-order valence-corrected chi connectivity index (χ0v) is 18.9. The number of aromatic nitrogens is 2. The molecule has 0 unspecified atom stereocenters. The van der Waals surface area contributed by atoms with Crippen molar-refractivity contribution in [2.45, 2.75) is 13.8 Å². The van der Waals surface area contributed by atoms with Gasteiger partial charge >= 0.3 is 0 Å². The van der Waals surface area contributed by atoms with Crippen LogP contribution in [0.25, 0.3) is 38.6 Å². The van der Waals surface area contributed by atoms with Crippen LogP contribution in [-0.2, 0) is 20.1 Å². The summed E-state index contributed by atoms with van der Waals surface area (Å²) in [7, 11) is 0. The molecule has 0 spiro atoms. The van der Waals surface area contributed by atoms with E-state index in [0.29, 0.717) is 0 Å². The molecule has 0 N–H and O–H groups in total. The van der Waals surface area contributed by atoms with E-state index in [9.17, 15) is 0 Å². The first-order chi connectivity index (χ1) is 12.7. The van der Waals surface area contributed by atoms with E-state index >= 15 is 0 Å². The van der Waals surface area contributed by atoms with Gasteiger partial charge in [0.1, 0.15) is 4.60 Å². The van der Waals surface area contributed by atoms with Crippen LogP contribution in [0.4, 0.5) is 0 Å². The SMILES string of the molecule is Cc1cccc(C)c1-c1c(Br)nc2c3[c-]cccc3c3ccccc3n12.[Ir]. The first-order valence-electron chi connectivity index (χ1n) is 8.62. The average molecular weight is 593 g/mol. The van der Waals surface area contributed by atoms with Gasteiger partial charge in [-0.2, -0.15) is 0 Å². The number of hydrogen-bond acceptors (Lipinski definition) is 1. The number of para-hydroxylation sites is 1. The standard InChI is InChI=1S/C23H16BrN2.Ir/c1-14-8-7-9-15(2)20(14)21-22(24)25-23-18-12-4-3-10-16(18)17-11-5-6-13-19(17)26(21)23;/h3-11,13H,1-2H3;/q-1;. The fourth-order valence-corrected chi connectivity index (χ4v) is 4.49. The van der Waals surface area contributed by atoms with Gasteiger partial charge in [-0.1, -0.05) is 41.8 Å². The van der Waals surface area contributed by atoms with Crippen LogP contribution in [0.2, 0.25) is 0 Å². The van der Waals surface area contributed by atoms with E-state index in [1.165, 1.54) is 27.5 Å². The van der Waals surface area contributed by atoms with Gasteiger partial charge in [-0.25, -0.2) is 0 Å². The normalized spacial score (nSPS) is 11.2. The molecule has 0 fully saturated rings. The summed E-state index contributed by atoms with van der Waals surface area (Å²) in [6.07, 6.45) is 0. The second-order valence-corrected chi connectivity index (χ2v) is 7.40. The number of fused-ring (bicyclic) bond motifs is 6. The van der Waals surface area contributed by atoms with Crippen LogP contribution in [0.3, 0.4) is 0 Å². The van der Waals surface area contributed by atoms with E-state index in [-0.39, 0.29) is 20.1 Å². The number of halogens is 1. The summed E-state index contributed by atoms with van der Waals surface area (Å²) in [6, 6.07) is 24.5. The Kier molecular flexibility index (Phi) is 4.67. The van der Waals surface area contributed by atoms with Crippen LogP contribution in [0.1, 0.15) is 11.1 Å². The molecule has 0 aliphatic carbocycles. The first-order valence-corrected chi connectivity index (χ1v) is 9.42. The van der Waals surface area contributed by atoms with Crippen molar-refractivity contribution in [3.05, 3.63) is 82.5 Å². The molecule has 27 heavy (non-hydrogen) atoms. The molecule has 5 aromatic rings. The van der Waals surface area contributed by atoms with Crippen molar-refractivity contribution in [3.8, 4) is 11.3 Å². The topological polar surface area (TPSA) is 17.3 Å². The van der Waals surface area contributed by atoms with Crippen molar-refractivity contribution in [2.24, 2.45) is 0 Å². The largest absolute Gasteiger partial charge is 0.332 e. The molecule has 2 aromatic heterocycles. The van der Waals surface area contributed by atoms with Crippen molar-refractivity contribution < 1.29 is 20.1 Å². The smallest absolute Gasteiger partial charge is 0.121 e. The molecule has 3 aromatic carbocycles. The number of pyridine rings is 1. The molecule has 0 saturated carbocycles. The summed E-state index contributed by atoms with van der Waals surface area (Å²) < 4.78 is 3.14. The summed E-state index contributed by atoms with van der Waals surface area (Å²) >= 11 is 3.74. The van der Waals surface area contributed by atoms with Crippen molar-refractivity contribution in [2.75, 3.05) is 0 Å². The molecule has 0 bridgehead atoms. The van der Waals surface area contributed by atoms with E-state index in [0.717, 1.165) is 26.8 Å². The van der Waals surface area contributed by atoms with Crippen LogP contribution in [0.5, 0.6) is 0 Å². The van der Waals surface area contributed by atoms with E-state index in [1.807, 2.05) is 12.1 Å². The van der Waals surface area contributed by atoms with Gasteiger partial charge in [-0.3, -0.25) is 4.98 Å². The van der Waals surface area contributed by atoms with Gasteiger partial charge in [0.25, 0.3) is 0 Å². The molecule has 2 nitrogen and oxygen atoms in total. The van der Waals surface area contributed by atoms with Crippen LogP contribution in [0, 0.1) is 19.9 Å². The molecule has 2 heterocycles. The maximum absolute atomic E-state index is 4.90. The Hall–Kier alpha value is -2.00. The van der Waals surface area contributed by atoms with Gasteiger partial charge in [0.05, 0.1) is 11.3 Å². The number of rotatable bonds is 1. The van der Waals surface area contributed by atoms with Crippen molar-refractivity contribution >= 4 is 43.3 Å². The zero-order valence-electron chi connectivity index (χ0n) is 14.9. The molecule has 0 aliphatic rings. The number of aryl methyl sites for hydroxylation is 2.